The molecule has 0 saturated carbocycles. The maximum Gasteiger partial charge on any atom is 0.273 e. The standard InChI is InChI=1S/C20H21N5O3S/c1-3-15-12(2)21-20-24(19(15)28)10-13(11-29-20)18(27)22-16-9-17(26)25(23-16)14-7-5-4-6-8-14/h4-9,13,23H,3,10-11H2,1-2H3,(H,22,27). The Bertz CT molecular complexity index is 1180. The van der Waals surface area contributed by atoms with Crippen LogP contribution in [0.4, 0.5) is 5.82 Å². The van der Waals surface area contributed by atoms with Crippen LogP contribution in [0.15, 0.2) is 51.1 Å². The number of aromatic amines is 1. The van der Waals surface area contributed by atoms with Crippen molar-refractivity contribution >= 4 is 23.5 Å². The number of amides is 1. The second kappa shape index (κ2) is 7.75. The number of H-pyrrole nitrogens is 1. The van der Waals surface area contributed by atoms with Crippen LogP contribution in [0, 0.1) is 12.8 Å². The molecule has 3 heterocycles. The number of thioether (sulfide) groups is 1. The van der Waals surface area contributed by atoms with Crippen LogP contribution < -0.4 is 16.4 Å². The molecule has 0 aliphatic carbocycles. The number of anilines is 1. The molecule has 1 aromatic carbocycles. The fraction of sp³-hybridized carbons (Fsp3) is 0.300. The maximum atomic E-state index is 12.8. The normalized spacial score (nSPS) is 15.7. The average molecular weight is 411 g/mol. The smallest absolute Gasteiger partial charge is 0.273 e. The number of fused-ring (bicyclic) bond motifs is 1. The van der Waals surface area contributed by atoms with Gasteiger partial charge in [0, 0.05) is 29.6 Å². The largest absolute Gasteiger partial charge is 0.311 e. The van der Waals surface area contributed by atoms with E-state index in [0.29, 0.717) is 34.4 Å². The van der Waals surface area contributed by atoms with Gasteiger partial charge in [-0.15, -0.1) is 0 Å². The molecule has 150 valence electrons. The van der Waals surface area contributed by atoms with Gasteiger partial charge in [-0.05, 0) is 25.5 Å². The highest BCUT2D eigenvalue weighted by Crippen LogP contribution is 2.26. The molecule has 2 aromatic heterocycles. The van der Waals surface area contributed by atoms with E-state index in [2.05, 4.69) is 15.4 Å². The summed E-state index contributed by atoms with van der Waals surface area (Å²) in [5, 5.41) is 6.33. The van der Waals surface area contributed by atoms with Gasteiger partial charge in [0.05, 0.1) is 11.6 Å². The quantitative estimate of drug-likeness (QED) is 0.639. The minimum atomic E-state index is -0.400. The number of hydrogen-bond donors (Lipinski definition) is 2. The van der Waals surface area contributed by atoms with E-state index in [0.717, 1.165) is 5.69 Å². The summed E-state index contributed by atoms with van der Waals surface area (Å²) in [4.78, 5) is 42.2. The van der Waals surface area contributed by atoms with Crippen LogP contribution >= 0.6 is 11.8 Å². The highest BCUT2D eigenvalue weighted by Gasteiger charge is 2.28. The summed E-state index contributed by atoms with van der Waals surface area (Å²) < 4.78 is 2.95. The fourth-order valence-corrected chi connectivity index (χ4v) is 4.55. The third-order valence-corrected chi connectivity index (χ3v) is 6.11. The number of aromatic nitrogens is 4. The van der Waals surface area contributed by atoms with Crippen LogP contribution in [0.1, 0.15) is 18.2 Å². The van der Waals surface area contributed by atoms with Crippen LogP contribution in [0.5, 0.6) is 0 Å². The lowest BCUT2D eigenvalue weighted by molar-refractivity contribution is -0.119. The van der Waals surface area contributed by atoms with Crippen molar-refractivity contribution < 1.29 is 4.79 Å². The summed E-state index contributed by atoms with van der Waals surface area (Å²) in [5.41, 5.74) is 1.76. The number of nitrogens with one attached hydrogen (secondary N) is 2. The summed E-state index contributed by atoms with van der Waals surface area (Å²) in [6, 6.07) is 10.5. The van der Waals surface area contributed by atoms with Crippen molar-refractivity contribution in [3.8, 4) is 5.69 Å². The zero-order chi connectivity index (χ0) is 20.5. The fourth-order valence-electron chi connectivity index (χ4n) is 3.42. The van der Waals surface area contributed by atoms with E-state index in [9.17, 15) is 14.4 Å². The molecule has 3 aromatic rings. The molecule has 9 heteroatoms. The second-order valence-corrected chi connectivity index (χ2v) is 7.89. The van der Waals surface area contributed by atoms with Gasteiger partial charge in [0.25, 0.3) is 11.1 Å². The number of benzene rings is 1. The Kier molecular flexibility index (Phi) is 5.14. The SMILES string of the molecule is CCc1c(C)nc2n(c1=O)CC(C(=O)Nc1cc(=O)n(-c3ccccc3)[nH]1)CS2. The third-order valence-electron chi connectivity index (χ3n) is 4.97. The van der Waals surface area contributed by atoms with Crippen LogP contribution in [0.25, 0.3) is 5.69 Å². The summed E-state index contributed by atoms with van der Waals surface area (Å²) in [5.74, 6) is 0.202. The minimum Gasteiger partial charge on any atom is -0.311 e. The van der Waals surface area contributed by atoms with Crippen LogP contribution in [0.2, 0.25) is 0 Å². The monoisotopic (exact) mass is 411 g/mol. The van der Waals surface area contributed by atoms with Crippen molar-refractivity contribution in [3.05, 3.63) is 68.4 Å². The topological polar surface area (TPSA) is 102 Å². The van der Waals surface area contributed by atoms with Gasteiger partial charge in [0.2, 0.25) is 5.91 Å². The molecule has 0 radical (unpaired) electrons. The Hall–Kier alpha value is -3.07. The van der Waals surface area contributed by atoms with Crippen molar-refractivity contribution in [2.24, 2.45) is 5.92 Å². The molecule has 2 N–H and O–H groups in total. The Balaban J connectivity index is 1.54. The zero-order valence-electron chi connectivity index (χ0n) is 16.1. The van der Waals surface area contributed by atoms with E-state index in [1.807, 2.05) is 32.0 Å². The van der Waals surface area contributed by atoms with E-state index in [1.54, 1.807) is 16.7 Å². The summed E-state index contributed by atoms with van der Waals surface area (Å²) in [6.45, 7) is 4.04. The number of carbonyl (C=O) groups is 1. The Morgan fingerprint density at radius 2 is 2.07 bits per heavy atom. The van der Waals surface area contributed by atoms with E-state index >= 15 is 0 Å². The molecule has 1 amide bonds. The lowest BCUT2D eigenvalue weighted by Crippen LogP contribution is -2.38. The van der Waals surface area contributed by atoms with E-state index in [1.165, 1.54) is 22.5 Å². The van der Waals surface area contributed by atoms with Gasteiger partial charge in [-0.3, -0.25) is 24.0 Å². The molecule has 0 bridgehead atoms. The minimum absolute atomic E-state index is 0.0800. The molecule has 29 heavy (non-hydrogen) atoms. The first-order chi connectivity index (χ1) is 14.0. The Labute approximate surface area is 171 Å². The molecular weight excluding hydrogens is 390 g/mol. The van der Waals surface area contributed by atoms with Crippen LogP contribution in [0.3, 0.4) is 0 Å². The van der Waals surface area contributed by atoms with Crippen molar-refractivity contribution in [1.82, 2.24) is 19.3 Å². The Morgan fingerprint density at radius 1 is 1.31 bits per heavy atom. The third kappa shape index (κ3) is 3.65. The van der Waals surface area contributed by atoms with Crippen LogP contribution in [-0.2, 0) is 17.8 Å². The van der Waals surface area contributed by atoms with E-state index < -0.39 is 5.92 Å². The first-order valence-corrected chi connectivity index (χ1v) is 10.4. The molecule has 0 spiro atoms. The highest BCUT2D eigenvalue weighted by atomic mass is 32.2. The lowest BCUT2D eigenvalue weighted by Gasteiger charge is -2.25. The molecule has 0 saturated heterocycles. The first kappa shape index (κ1) is 19.3. The molecular formula is C20H21N5O3S. The molecule has 0 fully saturated rings. The number of aryl methyl sites for hydroxylation is 1. The molecule has 1 aliphatic heterocycles. The van der Waals surface area contributed by atoms with Gasteiger partial charge in [0.1, 0.15) is 5.82 Å². The Morgan fingerprint density at radius 3 is 2.79 bits per heavy atom. The highest BCUT2D eigenvalue weighted by molar-refractivity contribution is 7.99. The molecule has 8 nitrogen and oxygen atoms in total. The number of rotatable bonds is 4. The van der Waals surface area contributed by atoms with Crippen molar-refractivity contribution in [2.45, 2.75) is 32.0 Å². The van der Waals surface area contributed by atoms with Crippen molar-refractivity contribution in [3.63, 3.8) is 0 Å². The van der Waals surface area contributed by atoms with Gasteiger partial charge >= 0.3 is 0 Å². The zero-order valence-corrected chi connectivity index (χ0v) is 17.0. The number of para-hydroxylation sites is 1. The average Bonchev–Trinajstić information content (AvgIpc) is 3.08. The van der Waals surface area contributed by atoms with Gasteiger partial charge in [-0.1, -0.05) is 36.9 Å². The molecule has 1 unspecified atom stereocenters. The van der Waals surface area contributed by atoms with Gasteiger partial charge < -0.3 is 5.32 Å². The summed E-state index contributed by atoms with van der Waals surface area (Å²) in [7, 11) is 0. The van der Waals surface area contributed by atoms with Crippen LogP contribution in [-0.4, -0.2) is 31.0 Å². The van der Waals surface area contributed by atoms with Gasteiger partial charge in [0.15, 0.2) is 5.16 Å². The van der Waals surface area contributed by atoms with E-state index in [4.69, 9.17) is 0 Å². The predicted molar refractivity (Wildman–Crippen MR) is 112 cm³/mol. The van der Waals surface area contributed by atoms with Gasteiger partial charge in [-0.2, -0.15) is 0 Å². The van der Waals surface area contributed by atoms with Gasteiger partial charge in [-0.25, -0.2) is 9.67 Å². The van der Waals surface area contributed by atoms with Crippen molar-refractivity contribution in [2.75, 3.05) is 11.1 Å². The molecule has 4 rings (SSSR count). The summed E-state index contributed by atoms with van der Waals surface area (Å²) >= 11 is 1.40. The van der Waals surface area contributed by atoms with Crippen molar-refractivity contribution in [1.29, 1.82) is 0 Å². The number of nitrogens with zero attached hydrogens (tertiary/aromatic N) is 3. The number of carbonyl (C=O) groups excluding carboxylic acids is 1. The maximum absolute atomic E-state index is 12.8. The predicted octanol–water partition coefficient (Wildman–Crippen LogP) is 1.95. The second-order valence-electron chi connectivity index (χ2n) is 6.90. The summed E-state index contributed by atoms with van der Waals surface area (Å²) in [6.07, 6.45) is 0.605. The first-order valence-electron chi connectivity index (χ1n) is 9.39. The number of hydrogen-bond acceptors (Lipinski definition) is 5. The molecule has 1 aliphatic rings. The van der Waals surface area contributed by atoms with E-state index in [-0.39, 0.29) is 23.6 Å². The molecule has 1 atom stereocenters. The lowest BCUT2D eigenvalue weighted by atomic mass is 10.1.